The van der Waals surface area contributed by atoms with Gasteiger partial charge in [-0.05, 0) is 47.5 Å². The van der Waals surface area contributed by atoms with E-state index in [1.807, 2.05) is 36.4 Å². The first-order chi connectivity index (χ1) is 14.5. The molecule has 0 N–H and O–H groups in total. The maximum atomic E-state index is 12.6. The number of carbonyl (C=O) groups is 1. The number of esters is 1. The maximum Gasteiger partial charge on any atom is 0.318 e. The van der Waals surface area contributed by atoms with Gasteiger partial charge in [0, 0.05) is 6.07 Å². The van der Waals surface area contributed by atoms with Crippen molar-refractivity contribution in [2.24, 2.45) is 0 Å². The van der Waals surface area contributed by atoms with Crippen LogP contribution in [-0.2, 0) is 9.63 Å². The smallest absolute Gasteiger partial charge is 0.318 e. The number of fused-ring (bicyclic) bond motifs is 1. The molecule has 156 valence electrons. The van der Waals surface area contributed by atoms with Gasteiger partial charge in [0.2, 0.25) is 0 Å². The maximum absolute atomic E-state index is 12.6. The molecule has 0 saturated heterocycles. The summed E-state index contributed by atoms with van der Waals surface area (Å²) in [6.45, 7) is 1.58. The van der Waals surface area contributed by atoms with Gasteiger partial charge in [0.25, 0.3) is 5.09 Å². The fourth-order valence-electron chi connectivity index (χ4n) is 2.88. The van der Waals surface area contributed by atoms with E-state index < -0.39 is 17.0 Å². The molecule has 30 heavy (non-hydrogen) atoms. The summed E-state index contributed by atoms with van der Waals surface area (Å²) in [5.74, 6) is 0.630. The van der Waals surface area contributed by atoms with Crippen LogP contribution in [0, 0.1) is 10.1 Å². The predicted octanol–water partition coefficient (Wildman–Crippen LogP) is 4.14. The lowest BCUT2D eigenvalue weighted by Gasteiger charge is -2.13. The molecule has 3 rings (SSSR count). The minimum absolute atomic E-state index is 0.00332. The average Bonchev–Trinajstić information content (AvgIpc) is 2.75. The molecule has 0 aliphatic carbocycles. The molecule has 0 spiro atoms. The highest BCUT2D eigenvalue weighted by atomic mass is 17.0. The lowest BCUT2D eigenvalue weighted by Crippen LogP contribution is -2.16. The molecule has 0 bridgehead atoms. The van der Waals surface area contributed by atoms with E-state index in [-0.39, 0.29) is 13.2 Å². The van der Waals surface area contributed by atoms with Crippen molar-refractivity contribution in [3.05, 3.63) is 76.3 Å². The number of carbonyl (C=O) groups excluding carboxylic acids is 1. The van der Waals surface area contributed by atoms with Crippen LogP contribution in [0.2, 0.25) is 0 Å². The molecule has 8 nitrogen and oxygen atoms in total. The Labute approximate surface area is 173 Å². The highest BCUT2D eigenvalue weighted by Crippen LogP contribution is 2.27. The van der Waals surface area contributed by atoms with Crippen LogP contribution < -0.4 is 14.2 Å². The molecular formula is C22H21NO7. The molecule has 0 fully saturated rings. The molecule has 0 amide bonds. The second-order valence-corrected chi connectivity index (χ2v) is 6.50. The first-order valence-electron chi connectivity index (χ1n) is 9.26. The van der Waals surface area contributed by atoms with E-state index >= 15 is 0 Å². The van der Waals surface area contributed by atoms with Crippen LogP contribution in [0.3, 0.4) is 0 Å². The normalized spacial score (nSPS) is 11.5. The lowest BCUT2D eigenvalue weighted by molar-refractivity contribution is -0.757. The predicted molar refractivity (Wildman–Crippen MR) is 109 cm³/mol. The molecule has 8 heteroatoms. The van der Waals surface area contributed by atoms with Gasteiger partial charge in [-0.2, -0.15) is 0 Å². The van der Waals surface area contributed by atoms with E-state index in [0.717, 1.165) is 22.1 Å². The van der Waals surface area contributed by atoms with Crippen molar-refractivity contribution in [2.45, 2.75) is 12.8 Å². The Morgan fingerprint density at radius 3 is 2.47 bits per heavy atom. The number of benzene rings is 3. The monoisotopic (exact) mass is 411 g/mol. The summed E-state index contributed by atoms with van der Waals surface area (Å²) >= 11 is 0. The quantitative estimate of drug-likeness (QED) is 0.172. The number of ether oxygens (including phenoxy) is 3. The fraction of sp³-hybridized carbons (Fsp3) is 0.227. The molecule has 0 unspecified atom stereocenters. The Balaban J connectivity index is 1.64. The van der Waals surface area contributed by atoms with E-state index in [2.05, 4.69) is 4.84 Å². The van der Waals surface area contributed by atoms with Gasteiger partial charge >= 0.3 is 5.97 Å². The lowest BCUT2D eigenvalue weighted by atomic mass is 9.98. The van der Waals surface area contributed by atoms with Crippen LogP contribution in [-0.4, -0.2) is 31.4 Å². The SMILES string of the molecule is COc1ccc2cc([C@H](C)C(=O)Oc3cccc(OCCO[N+](=O)[O-])c3)ccc2c1. The third-order valence-corrected chi connectivity index (χ3v) is 4.50. The second-order valence-electron chi connectivity index (χ2n) is 6.50. The summed E-state index contributed by atoms with van der Waals surface area (Å²) in [5.41, 5.74) is 0.835. The van der Waals surface area contributed by atoms with Gasteiger partial charge in [0.1, 0.15) is 30.5 Å². The topological polar surface area (TPSA) is 97.1 Å². The van der Waals surface area contributed by atoms with Crippen molar-refractivity contribution in [3.8, 4) is 17.2 Å². The Morgan fingerprint density at radius 1 is 0.967 bits per heavy atom. The van der Waals surface area contributed by atoms with Crippen LogP contribution in [0.1, 0.15) is 18.4 Å². The molecule has 0 radical (unpaired) electrons. The highest BCUT2D eigenvalue weighted by molar-refractivity contribution is 5.87. The van der Waals surface area contributed by atoms with Gasteiger partial charge in [-0.15, -0.1) is 10.1 Å². The third kappa shape index (κ3) is 5.38. The highest BCUT2D eigenvalue weighted by Gasteiger charge is 2.18. The molecule has 0 aliphatic heterocycles. The largest absolute Gasteiger partial charge is 0.497 e. The summed E-state index contributed by atoms with van der Waals surface area (Å²) in [5, 5.41) is 11.3. The van der Waals surface area contributed by atoms with Crippen molar-refractivity contribution in [2.75, 3.05) is 20.3 Å². The van der Waals surface area contributed by atoms with Gasteiger partial charge in [0.05, 0.1) is 13.0 Å². The Hall–Kier alpha value is -3.81. The van der Waals surface area contributed by atoms with Crippen molar-refractivity contribution in [1.82, 2.24) is 0 Å². The zero-order valence-electron chi connectivity index (χ0n) is 16.6. The second kappa shape index (κ2) is 9.60. The first-order valence-corrected chi connectivity index (χ1v) is 9.26. The van der Waals surface area contributed by atoms with Gasteiger partial charge in [0.15, 0.2) is 0 Å². The minimum Gasteiger partial charge on any atom is -0.497 e. The number of nitrogens with zero attached hydrogens (tertiary/aromatic N) is 1. The molecule has 0 aliphatic rings. The number of rotatable bonds is 9. The van der Waals surface area contributed by atoms with E-state index in [4.69, 9.17) is 14.2 Å². The number of hydrogen-bond acceptors (Lipinski definition) is 7. The Morgan fingerprint density at radius 2 is 1.70 bits per heavy atom. The molecule has 0 aromatic heterocycles. The zero-order valence-corrected chi connectivity index (χ0v) is 16.6. The van der Waals surface area contributed by atoms with Crippen LogP contribution in [0.4, 0.5) is 0 Å². The zero-order chi connectivity index (χ0) is 21.5. The third-order valence-electron chi connectivity index (χ3n) is 4.50. The Kier molecular flexibility index (Phi) is 6.69. The van der Waals surface area contributed by atoms with Gasteiger partial charge < -0.3 is 19.0 Å². The summed E-state index contributed by atoms with van der Waals surface area (Å²) in [6.07, 6.45) is 0. The minimum atomic E-state index is -0.883. The van der Waals surface area contributed by atoms with Crippen molar-refractivity contribution in [3.63, 3.8) is 0 Å². The molecule has 0 saturated carbocycles. The van der Waals surface area contributed by atoms with E-state index in [9.17, 15) is 14.9 Å². The first kappa shape index (κ1) is 20.9. The van der Waals surface area contributed by atoms with Gasteiger partial charge in [-0.3, -0.25) is 4.79 Å². The number of hydrogen-bond donors (Lipinski definition) is 0. The molecule has 0 heterocycles. The average molecular weight is 411 g/mol. The van der Waals surface area contributed by atoms with Crippen LogP contribution >= 0.6 is 0 Å². The fourth-order valence-corrected chi connectivity index (χ4v) is 2.88. The van der Waals surface area contributed by atoms with Gasteiger partial charge in [-0.25, -0.2) is 0 Å². The van der Waals surface area contributed by atoms with Crippen molar-refractivity contribution in [1.29, 1.82) is 0 Å². The molecule has 3 aromatic carbocycles. The Bertz CT molecular complexity index is 1050. The molecule has 3 aromatic rings. The van der Waals surface area contributed by atoms with Crippen LogP contribution in [0.25, 0.3) is 10.8 Å². The summed E-state index contributed by atoms with van der Waals surface area (Å²) < 4.78 is 16.1. The standard InChI is InChI=1S/C22H21NO7/c1-15(16-6-7-18-13-19(27-2)9-8-17(18)12-16)22(24)30-21-5-3-4-20(14-21)28-10-11-29-23(25)26/h3-9,12-15H,10-11H2,1-2H3/t15-/m0/s1. The van der Waals surface area contributed by atoms with E-state index in [1.54, 1.807) is 38.3 Å². The van der Waals surface area contributed by atoms with Gasteiger partial charge in [-0.1, -0.05) is 30.3 Å². The van der Waals surface area contributed by atoms with Crippen molar-refractivity contribution < 1.29 is 28.9 Å². The van der Waals surface area contributed by atoms with Crippen molar-refractivity contribution >= 4 is 16.7 Å². The number of methoxy groups -OCH3 is 1. The van der Waals surface area contributed by atoms with E-state index in [1.165, 1.54) is 0 Å². The summed E-state index contributed by atoms with van der Waals surface area (Å²) in [4.78, 5) is 26.9. The van der Waals surface area contributed by atoms with Crippen LogP contribution in [0.5, 0.6) is 17.2 Å². The van der Waals surface area contributed by atoms with Crippen LogP contribution in [0.15, 0.2) is 60.7 Å². The van der Waals surface area contributed by atoms with E-state index in [0.29, 0.717) is 11.5 Å². The summed E-state index contributed by atoms with van der Waals surface area (Å²) in [6, 6.07) is 18.0. The summed E-state index contributed by atoms with van der Waals surface area (Å²) in [7, 11) is 1.62. The molecule has 1 atom stereocenters. The molecular weight excluding hydrogens is 390 g/mol.